The van der Waals surface area contributed by atoms with Crippen molar-refractivity contribution in [1.29, 1.82) is 0 Å². The largest absolute Gasteiger partial charge is 0.493 e. The third-order valence-corrected chi connectivity index (χ3v) is 7.01. The summed E-state index contributed by atoms with van der Waals surface area (Å²) in [5, 5.41) is 6.02. The number of aromatic nitrogens is 2. The lowest BCUT2D eigenvalue weighted by molar-refractivity contribution is -0.141. The van der Waals surface area contributed by atoms with Crippen molar-refractivity contribution < 1.29 is 32.0 Å². The SMILES string of the molecule is CCCc1c(OCCCC(=C2SC(=O)NC2=O)c2ccc3[nH]ccc3c2)ccc2c(C(F)(F)F)noc12. The minimum Gasteiger partial charge on any atom is -0.493 e. The fourth-order valence-corrected chi connectivity index (χ4v) is 5.26. The number of nitrogens with zero attached hydrogens (tertiary/aromatic N) is 1. The number of hydrogen-bond donors (Lipinski definition) is 2. The molecule has 0 unspecified atom stereocenters. The molecular weight excluding hydrogens is 507 g/mol. The average molecular weight is 530 g/mol. The van der Waals surface area contributed by atoms with Gasteiger partial charge in [-0.15, -0.1) is 0 Å². The van der Waals surface area contributed by atoms with Gasteiger partial charge in [-0.25, -0.2) is 0 Å². The van der Waals surface area contributed by atoms with E-state index < -0.39 is 23.0 Å². The standard InChI is InChI=1S/C26H22F3N3O4S/c1-2-4-17-20(9-7-18-21(17)36-32-23(18)26(27,28)29)35-12-3-5-16(22-24(33)31-25(34)37-22)14-6-8-19-15(13-14)10-11-30-19/h6-11,13,30H,2-5,12H2,1H3,(H,31,33,34). The molecule has 5 rings (SSSR count). The van der Waals surface area contributed by atoms with E-state index in [4.69, 9.17) is 9.26 Å². The second-order valence-corrected chi connectivity index (χ2v) is 9.56. The zero-order valence-corrected chi connectivity index (χ0v) is 20.5. The van der Waals surface area contributed by atoms with Gasteiger partial charge in [0.15, 0.2) is 11.3 Å². The molecule has 0 bridgehead atoms. The Hall–Kier alpha value is -3.73. The number of thioether (sulfide) groups is 1. The molecule has 1 aliphatic rings. The number of halogens is 3. The van der Waals surface area contributed by atoms with Crippen LogP contribution in [0.1, 0.15) is 43.0 Å². The Balaban J connectivity index is 1.37. The van der Waals surface area contributed by atoms with Gasteiger partial charge in [0, 0.05) is 17.3 Å². The van der Waals surface area contributed by atoms with Crippen molar-refractivity contribution in [2.24, 2.45) is 0 Å². The molecule has 4 aromatic rings. The molecule has 1 saturated heterocycles. The van der Waals surface area contributed by atoms with Gasteiger partial charge in [-0.1, -0.05) is 24.6 Å². The van der Waals surface area contributed by atoms with Crippen LogP contribution in [0, 0.1) is 0 Å². The average Bonchev–Trinajstić information content (AvgIpc) is 3.57. The van der Waals surface area contributed by atoms with E-state index >= 15 is 0 Å². The number of allylic oxidation sites excluding steroid dienone is 1. The Kier molecular flexibility index (Phi) is 6.72. The van der Waals surface area contributed by atoms with E-state index in [-0.39, 0.29) is 17.6 Å². The van der Waals surface area contributed by atoms with Crippen LogP contribution in [0.5, 0.6) is 5.75 Å². The summed E-state index contributed by atoms with van der Waals surface area (Å²) in [6, 6.07) is 10.5. The lowest BCUT2D eigenvalue weighted by atomic mass is 9.99. The predicted octanol–water partition coefficient (Wildman–Crippen LogP) is 6.83. The van der Waals surface area contributed by atoms with Crippen molar-refractivity contribution in [3.8, 4) is 5.75 Å². The van der Waals surface area contributed by atoms with Crippen LogP contribution in [0.25, 0.3) is 27.4 Å². The highest BCUT2D eigenvalue weighted by molar-refractivity contribution is 8.18. The van der Waals surface area contributed by atoms with Gasteiger partial charge in [-0.3, -0.25) is 14.9 Å². The molecule has 2 aromatic carbocycles. The Morgan fingerprint density at radius 3 is 2.73 bits per heavy atom. The first-order valence-corrected chi connectivity index (χ1v) is 12.5. The summed E-state index contributed by atoms with van der Waals surface area (Å²) in [6.45, 7) is 2.15. The topological polar surface area (TPSA) is 97.2 Å². The molecular formula is C26H22F3N3O4S. The summed E-state index contributed by atoms with van der Waals surface area (Å²) in [5.41, 5.74) is 2.07. The number of nitrogens with one attached hydrogen (secondary N) is 2. The van der Waals surface area contributed by atoms with Crippen molar-refractivity contribution in [3.63, 3.8) is 0 Å². The number of ether oxygens (including phenoxy) is 1. The second-order valence-electron chi connectivity index (χ2n) is 8.58. The van der Waals surface area contributed by atoms with Crippen LogP contribution in [0.15, 0.2) is 52.0 Å². The Morgan fingerprint density at radius 2 is 2.00 bits per heavy atom. The maximum Gasteiger partial charge on any atom is 0.437 e. The maximum atomic E-state index is 13.3. The summed E-state index contributed by atoms with van der Waals surface area (Å²) in [5.74, 6) is 0.00638. The van der Waals surface area contributed by atoms with Gasteiger partial charge in [0.05, 0.1) is 16.9 Å². The van der Waals surface area contributed by atoms with E-state index in [1.54, 1.807) is 0 Å². The first kappa shape index (κ1) is 24.9. The van der Waals surface area contributed by atoms with E-state index in [9.17, 15) is 22.8 Å². The zero-order chi connectivity index (χ0) is 26.2. The number of amides is 2. The molecule has 0 saturated carbocycles. The van der Waals surface area contributed by atoms with E-state index in [1.165, 1.54) is 12.1 Å². The smallest absolute Gasteiger partial charge is 0.437 e. The summed E-state index contributed by atoms with van der Waals surface area (Å²) < 4.78 is 50.9. The number of imide groups is 1. The minimum absolute atomic E-state index is 0.0758. The minimum atomic E-state index is -4.61. The van der Waals surface area contributed by atoms with E-state index in [1.807, 2.05) is 37.4 Å². The number of carbonyl (C=O) groups excluding carboxylic acids is 2. The van der Waals surface area contributed by atoms with Gasteiger partial charge in [0.25, 0.3) is 11.1 Å². The Bertz CT molecular complexity index is 1540. The molecule has 2 aromatic heterocycles. The molecule has 1 fully saturated rings. The second kappa shape index (κ2) is 9.97. The molecule has 0 spiro atoms. The van der Waals surface area contributed by atoms with Gasteiger partial charge in [-0.05, 0) is 77.9 Å². The molecule has 1 aliphatic heterocycles. The van der Waals surface area contributed by atoms with Crippen molar-refractivity contribution in [2.45, 2.75) is 38.8 Å². The molecule has 11 heteroatoms. The number of H-pyrrole nitrogens is 1. The van der Waals surface area contributed by atoms with Gasteiger partial charge in [0.2, 0.25) is 0 Å². The highest BCUT2D eigenvalue weighted by Gasteiger charge is 2.37. The van der Waals surface area contributed by atoms with Crippen LogP contribution in [0.4, 0.5) is 18.0 Å². The van der Waals surface area contributed by atoms with E-state index in [0.717, 1.165) is 33.8 Å². The summed E-state index contributed by atoms with van der Waals surface area (Å²) in [7, 11) is 0. The first-order valence-electron chi connectivity index (χ1n) is 11.7. The molecule has 192 valence electrons. The normalized spacial score (nSPS) is 15.6. The fourth-order valence-electron chi connectivity index (χ4n) is 4.44. The van der Waals surface area contributed by atoms with Crippen molar-refractivity contribution in [3.05, 3.63) is 64.3 Å². The predicted molar refractivity (Wildman–Crippen MR) is 134 cm³/mol. The number of carbonyl (C=O) groups is 2. The lowest BCUT2D eigenvalue weighted by Gasteiger charge is -2.14. The quantitative estimate of drug-likeness (QED) is 0.192. The third kappa shape index (κ3) is 4.95. The van der Waals surface area contributed by atoms with Gasteiger partial charge in [0.1, 0.15) is 5.75 Å². The zero-order valence-electron chi connectivity index (χ0n) is 19.7. The number of rotatable bonds is 8. The van der Waals surface area contributed by atoms with Crippen LogP contribution < -0.4 is 10.1 Å². The Labute approximate surface area is 213 Å². The molecule has 0 atom stereocenters. The molecule has 2 N–H and O–H groups in total. The molecule has 2 amide bonds. The molecule has 3 heterocycles. The number of aromatic amines is 1. The number of alkyl halides is 3. The van der Waals surface area contributed by atoms with Crippen LogP contribution >= 0.6 is 11.8 Å². The van der Waals surface area contributed by atoms with Gasteiger partial charge < -0.3 is 14.2 Å². The summed E-state index contributed by atoms with van der Waals surface area (Å²) in [4.78, 5) is 27.8. The molecule has 7 nitrogen and oxygen atoms in total. The van der Waals surface area contributed by atoms with Crippen LogP contribution in [0.2, 0.25) is 0 Å². The molecule has 0 radical (unpaired) electrons. The van der Waals surface area contributed by atoms with Crippen molar-refractivity contribution in [2.75, 3.05) is 6.61 Å². The number of hydrogen-bond acceptors (Lipinski definition) is 6. The summed E-state index contributed by atoms with van der Waals surface area (Å²) in [6.07, 6.45) is -0.701. The first-order chi connectivity index (χ1) is 17.8. The summed E-state index contributed by atoms with van der Waals surface area (Å²) >= 11 is 0.873. The van der Waals surface area contributed by atoms with Crippen LogP contribution in [-0.2, 0) is 17.4 Å². The fraction of sp³-hybridized carbons (Fsp3) is 0.269. The van der Waals surface area contributed by atoms with Gasteiger partial charge in [-0.2, -0.15) is 13.2 Å². The number of aryl methyl sites for hydroxylation is 1. The molecule has 37 heavy (non-hydrogen) atoms. The highest BCUT2D eigenvalue weighted by Crippen LogP contribution is 2.39. The molecule has 0 aliphatic carbocycles. The van der Waals surface area contributed by atoms with E-state index in [0.29, 0.717) is 41.9 Å². The van der Waals surface area contributed by atoms with Crippen LogP contribution in [0.3, 0.4) is 0 Å². The lowest BCUT2D eigenvalue weighted by Crippen LogP contribution is -2.18. The van der Waals surface area contributed by atoms with E-state index in [2.05, 4.69) is 15.5 Å². The van der Waals surface area contributed by atoms with Crippen LogP contribution in [-0.4, -0.2) is 27.9 Å². The third-order valence-electron chi connectivity index (χ3n) is 6.09. The monoisotopic (exact) mass is 529 g/mol. The van der Waals surface area contributed by atoms with Crippen molar-refractivity contribution >= 4 is 50.4 Å². The van der Waals surface area contributed by atoms with Crippen molar-refractivity contribution in [1.82, 2.24) is 15.5 Å². The highest BCUT2D eigenvalue weighted by atomic mass is 32.2. The number of benzene rings is 2. The maximum absolute atomic E-state index is 13.3. The van der Waals surface area contributed by atoms with Gasteiger partial charge >= 0.3 is 6.18 Å². The number of fused-ring (bicyclic) bond motifs is 2. The Morgan fingerprint density at radius 1 is 1.16 bits per heavy atom.